The number of nitrogens with zero attached hydrogens (tertiary/aromatic N) is 2. The zero-order valence-corrected chi connectivity index (χ0v) is 27.2. The Hall–Kier alpha value is -3.18. The molecule has 2 heterocycles. The first-order valence-electron chi connectivity index (χ1n) is 14.3. The fourth-order valence-corrected chi connectivity index (χ4v) is 6.21. The number of carbonyl (C=O) groups excluding carboxylic acids is 3. The van der Waals surface area contributed by atoms with Crippen LogP contribution < -0.4 is 25.2 Å². The number of fused-ring (bicyclic) bond motifs is 2. The summed E-state index contributed by atoms with van der Waals surface area (Å²) in [5.41, 5.74) is 2.07. The average molecular weight is 674 g/mol. The number of likely N-dealkylation sites (N-methyl/N-ethyl adjacent to an activating group) is 1. The van der Waals surface area contributed by atoms with Gasteiger partial charge in [0.2, 0.25) is 11.8 Å². The number of amides is 3. The third-order valence-corrected chi connectivity index (χ3v) is 8.87. The van der Waals surface area contributed by atoms with Crippen molar-refractivity contribution < 1.29 is 23.9 Å². The van der Waals surface area contributed by atoms with Gasteiger partial charge in [-0.15, -0.1) is 12.4 Å². The fourth-order valence-electron chi connectivity index (χ4n) is 5.83. The summed E-state index contributed by atoms with van der Waals surface area (Å²) in [4.78, 5) is 45.3. The molecule has 0 aromatic heterocycles. The van der Waals surface area contributed by atoms with Crippen molar-refractivity contribution in [2.24, 2.45) is 5.92 Å². The maximum atomic E-state index is 14.6. The number of hydrogen-bond acceptors (Lipinski definition) is 6. The third-order valence-electron chi connectivity index (χ3n) is 8.37. The highest BCUT2D eigenvalue weighted by Gasteiger charge is 2.44. The van der Waals surface area contributed by atoms with Gasteiger partial charge < -0.3 is 29.9 Å². The van der Waals surface area contributed by atoms with Gasteiger partial charge in [-0.3, -0.25) is 14.4 Å². The van der Waals surface area contributed by atoms with Gasteiger partial charge >= 0.3 is 0 Å². The maximum Gasteiger partial charge on any atom is 0.252 e. The molecular weight excluding hydrogens is 636 g/mol. The van der Waals surface area contributed by atoms with Crippen LogP contribution in [0.1, 0.15) is 32.3 Å². The zero-order chi connectivity index (χ0) is 30.0. The summed E-state index contributed by atoms with van der Waals surface area (Å²) in [6.45, 7) is 4.78. The number of para-hydroxylation sites is 2. The van der Waals surface area contributed by atoms with Crippen LogP contribution in [0.4, 0.5) is 11.4 Å². The van der Waals surface area contributed by atoms with Crippen LogP contribution in [0.15, 0.2) is 59.1 Å². The Labute approximate surface area is 266 Å². The second-order valence-corrected chi connectivity index (χ2v) is 11.8. The molecule has 5 rings (SSSR count). The quantitative estimate of drug-likeness (QED) is 0.373. The normalized spacial score (nSPS) is 19.7. The van der Waals surface area contributed by atoms with E-state index in [9.17, 15) is 14.4 Å². The summed E-state index contributed by atoms with van der Waals surface area (Å²) in [6, 6.07) is 15.2. The minimum atomic E-state index is -0.986. The molecule has 2 aliphatic rings. The summed E-state index contributed by atoms with van der Waals surface area (Å²) < 4.78 is 12.2. The van der Waals surface area contributed by atoms with E-state index in [1.807, 2.05) is 61.5 Å². The highest BCUT2D eigenvalue weighted by Crippen LogP contribution is 2.40. The second kappa shape index (κ2) is 14.1. The van der Waals surface area contributed by atoms with E-state index in [-0.39, 0.29) is 42.6 Å². The molecule has 3 amide bonds. The van der Waals surface area contributed by atoms with Gasteiger partial charge in [-0.2, -0.15) is 0 Å². The maximum absolute atomic E-state index is 14.6. The van der Waals surface area contributed by atoms with Gasteiger partial charge in [0.25, 0.3) is 5.91 Å². The molecule has 230 valence electrons. The number of methoxy groups -OCH3 is 1. The van der Waals surface area contributed by atoms with E-state index in [2.05, 4.69) is 26.6 Å². The van der Waals surface area contributed by atoms with Crippen LogP contribution in [0.5, 0.6) is 5.75 Å². The molecule has 0 saturated carbocycles. The molecule has 2 aliphatic heterocycles. The molecule has 0 aliphatic carbocycles. The molecule has 0 bridgehead atoms. The molecule has 3 aromatic carbocycles. The first kappa shape index (κ1) is 32.7. The van der Waals surface area contributed by atoms with Gasteiger partial charge in [0.15, 0.2) is 0 Å². The van der Waals surface area contributed by atoms with E-state index >= 15 is 0 Å². The van der Waals surface area contributed by atoms with Crippen LogP contribution >= 0.6 is 28.3 Å². The third kappa shape index (κ3) is 6.52. The van der Waals surface area contributed by atoms with Crippen LogP contribution in [0.3, 0.4) is 0 Å². The molecule has 1 saturated heterocycles. The lowest BCUT2D eigenvalue weighted by molar-refractivity contribution is -0.130. The van der Waals surface area contributed by atoms with E-state index in [1.165, 1.54) is 0 Å². The van der Waals surface area contributed by atoms with Gasteiger partial charge in [0, 0.05) is 29.2 Å². The molecule has 9 nitrogen and oxygen atoms in total. The second-order valence-electron chi connectivity index (χ2n) is 10.9. The van der Waals surface area contributed by atoms with Crippen LogP contribution in [0, 0.1) is 5.92 Å². The van der Waals surface area contributed by atoms with Crippen LogP contribution in [-0.4, -0.2) is 63.2 Å². The SMILES string of the molecule is CN[C@@H](C)C(=O)N[C@@H]1C(=O)N(Cc2c(OC)ccc3cc(Br)ccc23)c2ccccc2N(C(=O)C2CCOCC2)[C@H]1C.Cl. The summed E-state index contributed by atoms with van der Waals surface area (Å²) >= 11 is 3.55. The number of ether oxygens (including phenoxy) is 2. The minimum absolute atomic E-state index is 0. The van der Waals surface area contributed by atoms with Crippen LogP contribution in [0.2, 0.25) is 0 Å². The Morgan fingerprint density at radius 1 is 1.09 bits per heavy atom. The first-order chi connectivity index (χ1) is 20.2. The number of hydrogen-bond donors (Lipinski definition) is 2. The monoisotopic (exact) mass is 672 g/mol. The van der Waals surface area contributed by atoms with Gasteiger partial charge in [0.1, 0.15) is 11.8 Å². The van der Waals surface area contributed by atoms with Gasteiger partial charge in [-0.1, -0.05) is 40.2 Å². The molecule has 0 radical (unpaired) electrons. The highest BCUT2D eigenvalue weighted by atomic mass is 79.9. The summed E-state index contributed by atoms with van der Waals surface area (Å²) in [5.74, 6) is -0.279. The molecule has 2 N–H and O–H groups in total. The Balaban J connectivity index is 0.00000423. The van der Waals surface area contributed by atoms with Gasteiger partial charge in [0.05, 0.1) is 37.1 Å². The molecule has 11 heteroatoms. The number of carbonyl (C=O) groups is 3. The van der Waals surface area contributed by atoms with Gasteiger partial charge in [-0.05, 0) is 74.8 Å². The molecule has 43 heavy (non-hydrogen) atoms. The lowest BCUT2D eigenvalue weighted by Gasteiger charge is -2.35. The van der Waals surface area contributed by atoms with Crippen molar-refractivity contribution in [3.8, 4) is 5.75 Å². The van der Waals surface area contributed by atoms with Gasteiger partial charge in [-0.25, -0.2) is 0 Å². The zero-order valence-electron chi connectivity index (χ0n) is 24.8. The van der Waals surface area contributed by atoms with Crippen molar-refractivity contribution in [2.75, 3.05) is 37.2 Å². The van der Waals surface area contributed by atoms with Crippen molar-refractivity contribution in [1.82, 2.24) is 10.6 Å². The van der Waals surface area contributed by atoms with Crippen molar-refractivity contribution >= 4 is 68.2 Å². The Morgan fingerprint density at radius 3 is 2.47 bits per heavy atom. The van der Waals surface area contributed by atoms with Crippen LogP contribution in [0.25, 0.3) is 10.8 Å². The van der Waals surface area contributed by atoms with E-state index in [0.29, 0.717) is 43.2 Å². The first-order valence-corrected chi connectivity index (χ1v) is 15.1. The van der Waals surface area contributed by atoms with Crippen molar-refractivity contribution in [1.29, 1.82) is 0 Å². The summed E-state index contributed by atoms with van der Waals surface area (Å²) in [6.07, 6.45) is 1.22. The van der Waals surface area contributed by atoms with E-state index in [4.69, 9.17) is 9.47 Å². The topological polar surface area (TPSA) is 100 Å². The summed E-state index contributed by atoms with van der Waals surface area (Å²) in [7, 11) is 3.30. The largest absolute Gasteiger partial charge is 0.496 e. The number of anilines is 2. The van der Waals surface area contributed by atoms with Crippen molar-refractivity contribution in [2.45, 2.75) is 51.4 Å². The predicted molar refractivity (Wildman–Crippen MR) is 174 cm³/mol. The predicted octanol–water partition coefficient (Wildman–Crippen LogP) is 4.82. The Bertz CT molecular complexity index is 1500. The molecular formula is C32H38BrClN4O5. The molecule has 0 spiro atoms. The van der Waals surface area contributed by atoms with E-state index in [0.717, 1.165) is 20.8 Å². The van der Waals surface area contributed by atoms with Crippen molar-refractivity contribution in [3.63, 3.8) is 0 Å². The molecule has 1 fully saturated rings. The number of nitrogens with one attached hydrogen (secondary N) is 2. The highest BCUT2D eigenvalue weighted by molar-refractivity contribution is 9.10. The fraction of sp³-hybridized carbons (Fsp3) is 0.406. The average Bonchev–Trinajstić information content (AvgIpc) is 3.09. The Kier molecular flexibility index (Phi) is 10.7. The minimum Gasteiger partial charge on any atom is -0.496 e. The van der Waals surface area contributed by atoms with E-state index in [1.54, 1.807) is 30.9 Å². The molecule has 0 unspecified atom stereocenters. The summed E-state index contributed by atoms with van der Waals surface area (Å²) in [5, 5.41) is 7.85. The number of rotatable bonds is 7. The number of benzene rings is 3. The standard InChI is InChI=1S/C32H37BrN4O5.ClH/c1-19(34-3)30(38)35-29-20(2)37(31(39)21-13-15-42-16-14-21)27-8-6-5-7-26(27)36(32(29)40)18-25-24-11-10-23(33)17-22(24)9-12-28(25)41-4;/h5-12,17,19-21,29,34H,13-16,18H2,1-4H3,(H,35,38);1H/t19-,20-,29-;/m0./s1. The molecule has 3 atom stereocenters. The molecule has 3 aromatic rings. The lowest BCUT2D eigenvalue weighted by Crippen LogP contribution is -2.60. The van der Waals surface area contributed by atoms with E-state index < -0.39 is 18.1 Å². The van der Waals surface area contributed by atoms with Crippen molar-refractivity contribution in [3.05, 3.63) is 64.6 Å². The smallest absolute Gasteiger partial charge is 0.252 e. The lowest BCUT2D eigenvalue weighted by atomic mass is 9.96. The Morgan fingerprint density at radius 2 is 1.79 bits per heavy atom. The van der Waals surface area contributed by atoms with Crippen LogP contribution in [-0.2, 0) is 25.7 Å². The number of halogens is 2.